The van der Waals surface area contributed by atoms with E-state index in [1.54, 1.807) is 14.2 Å². The molecule has 0 aromatic heterocycles. The van der Waals surface area contributed by atoms with E-state index in [1.165, 1.54) is 24.0 Å². The summed E-state index contributed by atoms with van der Waals surface area (Å²) in [5.41, 5.74) is 2.63. The van der Waals surface area contributed by atoms with Gasteiger partial charge in [-0.1, -0.05) is 0 Å². The van der Waals surface area contributed by atoms with E-state index >= 15 is 0 Å². The Labute approximate surface area is 103 Å². The smallest absolute Gasteiger partial charge is 0.125 e. The summed E-state index contributed by atoms with van der Waals surface area (Å²) in [5.74, 6) is 2.44. The Balaban J connectivity index is 2.36. The zero-order valence-corrected chi connectivity index (χ0v) is 10.9. The molecule has 0 aliphatic carbocycles. The number of rotatable bonds is 3. The predicted molar refractivity (Wildman–Crippen MR) is 69.1 cm³/mol. The van der Waals surface area contributed by atoms with Crippen molar-refractivity contribution in [3.63, 3.8) is 0 Å². The number of benzene rings is 1. The summed E-state index contributed by atoms with van der Waals surface area (Å²) in [5, 5.41) is 3.40. The van der Waals surface area contributed by atoms with Crippen LogP contribution in [0, 0.1) is 6.92 Å². The zero-order valence-electron chi connectivity index (χ0n) is 10.9. The lowest BCUT2D eigenvalue weighted by Gasteiger charge is -2.25. The van der Waals surface area contributed by atoms with Crippen LogP contribution >= 0.6 is 0 Å². The van der Waals surface area contributed by atoms with Gasteiger partial charge < -0.3 is 14.8 Å². The Kier molecular flexibility index (Phi) is 3.89. The third kappa shape index (κ3) is 2.55. The lowest BCUT2D eigenvalue weighted by molar-refractivity contribution is 0.387. The zero-order chi connectivity index (χ0) is 12.3. The molecule has 17 heavy (non-hydrogen) atoms. The van der Waals surface area contributed by atoms with Gasteiger partial charge in [0.05, 0.1) is 14.2 Å². The van der Waals surface area contributed by atoms with Crippen molar-refractivity contribution >= 4 is 0 Å². The van der Waals surface area contributed by atoms with Crippen molar-refractivity contribution in [3.05, 3.63) is 23.3 Å². The van der Waals surface area contributed by atoms with Crippen molar-refractivity contribution in [2.45, 2.75) is 25.7 Å². The lowest BCUT2D eigenvalue weighted by atomic mass is 9.87. The van der Waals surface area contributed by atoms with Gasteiger partial charge >= 0.3 is 0 Å². The molecule has 1 aliphatic rings. The van der Waals surface area contributed by atoms with Crippen LogP contribution in [0.5, 0.6) is 11.5 Å². The number of nitrogens with one attached hydrogen (secondary N) is 1. The highest BCUT2D eigenvalue weighted by molar-refractivity contribution is 5.47. The van der Waals surface area contributed by atoms with Crippen molar-refractivity contribution in [1.29, 1.82) is 0 Å². The quantitative estimate of drug-likeness (QED) is 0.873. The van der Waals surface area contributed by atoms with Gasteiger partial charge in [0.1, 0.15) is 11.5 Å². The van der Waals surface area contributed by atoms with Gasteiger partial charge in [0, 0.05) is 6.07 Å². The molecule has 0 saturated carbocycles. The molecule has 1 heterocycles. The second-order valence-corrected chi connectivity index (χ2v) is 4.57. The average molecular weight is 235 g/mol. The summed E-state index contributed by atoms with van der Waals surface area (Å²) in [6.07, 6.45) is 2.38. The number of methoxy groups -OCH3 is 2. The Hall–Kier alpha value is -1.22. The molecular formula is C14H21NO2. The summed E-state index contributed by atoms with van der Waals surface area (Å²) >= 11 is 0. The second-order valence-electron chi connectivity index (χ2n) is 4.57. The average Bonchev–Trinajstić information content (AvgIpc) is 2.40. The fourth-order valence-corrected chi connectivity index (χ4v) is 2.57. The summed E-state index contributed by atoms with van der Waals surface area (Å²) in [6, 6.07) is 4.12. The molecule has 1 aromatic rings. The minimum Gasteiger partial charge on any atom is -0.497 e. The first kappa shape index (κ1) is 12.2. The first-order valence-electron chi connectivity index (χ1n) is 6.19. The highest BCUT2D eigenvalue weighted by atomic mass is 16.5. The number of hydrogen-bond acceptors (Lipinski definition) is 3. The van der Waals surface area contributed by atoms with E-state index in [2.05, 4.69) is 18.3 Å². The summed E-state index contributed by atoms with van der Waals surface area (Å²) in [7, 11) is 3.42. The maximum absolute atomic E-state index is 5.42. The SMILES string of the molecule is COc1cc(OC)c(C)c(C2CCNCC2)c1. The molecule has 3 nitrogen and oxygen atoms in total. The van der Waals surface area contributed by atoms with Crippen LogP contribution in [0.3, 0.4) is 0 Å². The van der Waals surface area contributed by atoms with Crippen LogP contribution in [-0.2, 0) is 0 Å². The lowest BCUT2D eigenvalue weighted by Crippen LogP contribution is -2.27. The Morgan fingerprint density at radius 1 is 1.12 bits per heavy atom. The first-order valence-corrected chi connectivity index (χ1v) is 6.19. The molecule has 1 fully saturated rings. The molecule has 0 amide bonds. The van der Waals surface area contributed by atoms with Crippen LogP contribution < -0.4 is 14.8 Å². The van der Waals surface area contributed by atoms with E-state index in [9.17, 15) is 0 Å². The van der Waals surface area contributed by atoms with E-state index in [-0.39, 0.29) is 0 Å². The Morgan fingerprint density at radius 3 is 2.41 bits per heavy atom. The predicted octanol–water partition coefficient (Wildman–Crippen LogP) is 2.48. The van der Waals surface area contributed by atoms with Crippen molar-refractivity contribution in [1.82, 2.24) is 5.32 Å². The molecule has 94 valence electrons. The summed E-state index contributed by atoms with van der Waals surface area (Å²) in [4.78, 5) is 0. The Morgan fingerprint density at radius 2 is 1.82 bits per heavy atom. The third-order valence-electron chi connectivity index (χ3n) is 3.61. The standard InChI is InChI=1S/C14H21NO2/c1-10-13(11-4-6-15-7-5-11)8-12(16-2)9-14(10)17-3/h8-9,11,15H,4-7H2,1-3H3. The van der Waals surface area contributed by atoms with Crippen molar-refractivity contribution < 1.29 is 9.47 Å². The van der Waals surface area contributed by atoms with Gasteiger partial charge in [0.2, 0.25) is 0 Å². The molecule has 0 atom stereocenters. The van der Waals surface area contributed by atoms with Crippen LogP contribution in [0.15, 0.2) is 12.1 Å². The van der Waals surface area contributed by atoms with Crippen LogP contribution in [0.25, 0.3) is 0 Å². The highest BCUT2D eigenvalue weighted by Crippen LogP contribution is 2.35. The van der Waals surface area contributed by atoms with Gasteiger partial charge in [-0.05, 0) is 56.0 Å². The van der Waals surface area contributed by atoms with Gasteiger partial charge in [0.15, 0.2) is 0 Å². The van der Waals surface area contributed by atoms with Crippen LogP contribution in [0.4, 0.5) is 0 Å². The minimum atomic E-state index is 0.625. The van der Waals surface area contributed by atoms with Crippen molar-refractivity contribution in [2.24, 2.45) is 0 Å². The van der Waals surface area contributed by atoms with Gasteiger partial charge in [-0.25, -0.2) is 0 Å². The topological polar surface area (TPSA) is 30.5 Å². The van der Waals surface area contributed by atoms with Crippen LogP contribution in [0.1, 0.15) is 29.9 Å². The molecule has 1 N–H and O–H groups in total. The first-order chi connectivity index (χ1) is 8.26. The molecule has 2 rings (SSSR count). The largest absolute Gasteiger partial charge is 0.497 e. The van der Waals surface area contributed by atoms with E-state index in [1.807, 2.05) is 6.07 Å². The van der Waals surface area contributed by atoms with Crippen molar-refractivity contribution in [3.8, 4) is 11.5 Å². The molecule has 0 radical (unpaired) electrons. The van der Waals surface area contributed by atoms with E-state index in [0.29, 0.717) is 5.92 Å². The van der Waals surface area contributed by atoms with E-state index in [0.717, 1.165) is 24.6 Å². The molecule has 1 aliphatic heterocycles. The monoisotopic (exact) mass is 235 g/mol. The molecule has 3 heteroatoms. The second kappa shape index (κ2) is 5.41. The van der Waals surface area contributed by atoms with E-state index in [4.69, 9.17) is 9.47 Å². The fourth-order valence-electron chi connectivity index (χ4n) is 2.57. The van der Waals surface area contributed by atoms with Crippen LogP contribution in [0.2, 0.25) is 0 Å². The van der Waals surface area contributed by atoms with Gasteiger partial charge in [-0.15, -0.1) is 0 Å². The highest BCUT2D eigenvalue weighted by Gasteiger charge is 2.19. The van der Waals surface area contributed by atoms with Crippen LogP contribution in [-0.4, -0.2) is 27.3 Å². The van der Waals surface area contributed by atoms with Gasteiger partial charge in [-0.3, -0.25) is 0 Å². The molecular weight excluding hydrogens is 214 g/mol. The maximum Gasteiger partial charge on any atom is 0.125 e. The number of ether oxygens (including phenoxy) is 2. The van der Waals surface area contributed by atoms with E-state index < -0.39 is 0 Å². The number of hydrogen-bond donors (Lipinski definition) is 1. The normalized spacial score (nSPS) is 16.9. The Bertz CT molecular complexity index is 384. The maximum atomic E-state index is 5.42. The molecule has 0 unspecified atom stereocenters. The molecule has 0 bridgehead atoms. The van der Waals surface area contributed by atoms with Crippen molar-refractivity contribution in [2.75, 3.05) is 27.3 Å². The molecule has 1 aromatic carbocycles. The summed E-state index contributed by atoms with van der Waals surface area (Å²) < 4.78 is 10.8. The molecule has 1 saturated heterocycles. The summed E-state index contributed by atoms with van der Waals surface area (Å²) in [6.45, 7) is 4.34. The third-order valence-corrected chi connectivity index (χ3v) is 3.61. The van der Waals surface area contributed by atoms with Gasteiger partial charge in [-0.2, -0.15) is 0 Å². The molecule has 0 spiro atoms. The van der Waals surface area contributed by atoms with Gasteiger partial charge in [0.25, 0.3) is 0 Å². The fraction of sp³-hybridized carbons (Fsp3) is 0.571. The minimum absolute atomic E-state index is 0.625. The number of piperidine rings is 1.